The van der Waals surface area contributed by atoms with Crippen molar-refractivity contribution in [2.75, 3.05) is 12.4 Å². The number of ether oxygens (including phenoxy) is 1. The van der Waals surface area contributed by atoms with E-state index in [1.54, 1.807) is 12.1 Å². The smallest absolute Gasteiger partial charge is 0.337 e. The van der Waals surface area contributed by atoms with E-state index in [9.17, 15) is 14.4 Å². The number of hydrogen-bond donors (Lipinski definition) is 2. The van der Waals surface area contributed by atoms with Crippen molar-refractivity contribution in [1.82, 2.24) is 0 Å². The lowest BCUT2D eigenvalue weighted by Gasteiger charge is -2.07. The van der Waals surface area contributed by atoms with Crippen LogP contribution in [0.2, 0.25) is 0 Å². The van der Waals surface area contributed by atoms with E-state index in [1.165, 1.54) is 19.2 Å². The van der Waals surface area contributed by atoms with Crippen LogP contribution in [0.25, 0.3) is 0 Å². The second kappa shape index (κ2) is 8.68. The molecule has 0 aromatic heterocycles. The van der Waals surface area contributed by atoms with Crippen LogP contribution in [-0.2, 0) is 14.3 Å². The summed E-state index contributed by atoms with van der Waals surface area (Å²) in [6.07, 6.45) is -0.454. The Balaban J connectivity index is 0.00000154. The lowest BCUT2D eigenvalue weighted by molar-refractivity contribution is -0.142. The molecule has 1 amide bonds. The average molecular weight is 267 g/mol. The number of carbonyl (C=O) groups excluding carboxylic acids is 2. The zero-order valence-corrected chi connectivity index (χ0v) is 11.1. The van der Waals surface area contributed by atoms with Crippen molar-refractivity contribution >= 4 is 23.5 Å². The van der Waals surface area contributed by atoms with Crippen molar-refractivity contribution in [2.45, 2.75) is 20.3 Å². The molecule has 0 saturated heterocycles. The molecule has 1 rings (SSSR count). The van der Waals surface area contributed by atoms with Gasteiger partial charge in [0, 0.05) is 0 Å². The van der Waals surface area contributed by atoms with E-state index in [0.29, 0.717) is 0 Å². The third-order valence-electron chi connectivity index (χ3n) is 1.96. The molecule has 0 aliphatic rings. The zero-order chi connectivity index (χ0) is 14.8. The van der Waals surface area contributed by atoms with E-state index in [2.05, 4.69) is 10.1 Å². The van der Waals surface area contributed by atoms with Crippen molar-refractivity contribution in [3.63, 3.8) is 0 Å². The molecule has 104 valence electrons. The number of carboxylic acids is 1. The summed E-state index contributed by atoms with van der Waals surface area (Å²) >= 11 is 0. The molecule has 6 nitrogen and oxygen atoms in total. The maximum absolute atomic E-state index is 11.4. The summed E-state index contributed by atoms with van der Waals surface area (Å²) in [7, 11) is 1.17. The molecule has 0 heterocycles. The molecule has 0 fully saturated rings. The number of esters is 1. The number of para-hydroxylation sites is 1. The van der Waals surface area contributed by atoms with Gasteiger partial charge in [-0.05, 0) is 12.1 Å². The van der Waals surface area contributed by atoms with Gasteiger partial charge in [-0.3, -0.25) is 9.59 Å². The second-order valence-electron chi connectivity index (χ2n) is 3.15. The maximum Gasteiger partial charge on any atom is 0.337 e. The molecule has 0 unspecified atom stereocenters. The van der Waals surface area contributed by atoms with E-state index in [4.69, 9.17) is 5.11 Å². The highest BCUT2D eigenvalue weighted by Crippen LogP contribution is 2.14. The van der Waals surface area contributed by atoms with Gasteiger partial charge in [0.25, 0.3) is 0 Å². The largest absolute Gasteiger partial charge is 0.478 e. The number of amides is 1. The van der Waals surface area contributed by atoms with Gasteiger partial charge in [-0.2, -0.15) is 0 Å². The summed E-state index contributed by atoms with van der Waals surface area (Å²) in [4.78, 5) is 33.0. The fourth-order valence-electron chi connectivity index (χ4n) is 1.18. The number of benzene rings is 1. The Kier molecular flexibility index (Phi) is 7.60. The molecule has 0 saturated carbocycles. The Morgan fingerprint density at radius 2 is 1.79 bits per heavy atom. The molecule has 1 aromatic carbocycles. The molecule has 19 heavy (non-hydrogen) atoms. The first-order valence-corrected chi connectivity index (χ1v) is 5.73. The first-order valence-electron chi connectivity index (χ1n) is 5.73. The number of hydrogen-bond acceptors (Lipinski definition) is 4. The lowest BCUT2D eigenvalue weighted by atomic mass is 10.2. The first-order chi connectivity index (χ1) is 9.04. The Bertz CT molecular complexity index is 456. The highest BCUT2D eigenvalue weighted by atomic mass is 16.5. The molecule has 6 heteroatoms. The van der Waals surface area contributed by atoms with E-state index in [0.717, 1.165) is 0 Å². The van der Waals surface area contributed by atoms with Crippen molar-refractivity contribution < 1.29 is 24.2 Å². The Morgan fingerprint density at radius 3 is 2.32 bits per heavy atom. The molecule has 2 N–H and O–H groups in total. The summed E-state index contributed by atoms with van der Waals surface area (Å²) in [5.41, 5.74) is 0.111. The van der Waals surface area contributed by atoms with Gasteiger partial charge in [0.15, 0.2) is 0 Å². The number of anilines is 1. The van der Waals surface area contributed by atoms with Crippen LogP contribution in [0.3, 0.4) is 0 Å². The van der Waals surface area contributed by atoms with Crippen molar-refractivity contribution in [3.05, 3.63) is 29.8 Å². The predicted molar refractivity (Wildman–Crippen MR) is 70.0 cm³/mol. The Labute approximate surface area is 111 Å². The number of carbonyl (C=O) groups is 3. The standard InChI is InChI=1S/C11H11NO5.C2H6/c1-17-10(14)6-9(13)12-8-5-3-2-4-7(8)11(15)16;1-2/h2-5H,6H2,1H3,(H,12,13)(H,15,16);1-2H3. The minimum atomic E-state index is -1.15. The molecule has 0 radical (unpaired) electrons. The first kappa shape index (κ1) is 16.6. The molecule has 0 bridgehead atoms. The van der Waals surface area contributed by atoms with E-state index < -0.39 is 24.3 Å². The minimum absolute atomic E-state index is 0.0364. The number of aromatic carboxylic acids is 1. The number of rotatable bonds is 4. The van der Waals surface area contributed by atoms with Gasteiger partial charge in [-0.1, -0.05) is 26.0 Å². The second-order valence-corrected chi connectivity index (χ2v) is 3.15. The molecule has 0 spiro atoms. The summed E-state index contributed by atoms with van der Waals surface area (Å²) in [5.74, 6) is -2.46. The predicted octanol–water partition coefficient (Wildman–Crippen LogP) is 1.91. The molecule has 1 aromatic rings. The summed E-state index contributed by atoms with van der Waals surface area (Å²) < 4.78 is 4.32. The van der Waals surface area contributed by atoms with Crippen LogP contribution in [0.15, 0.2) is 24.3 Å². The van der Waals surface area contributed by atoms with Crippen molar-refractivity contribution in [3.8, 4) is 0 Å². The van der Waals surface area contributed by atoms with Gasteiger partial charge in [0.05, 0.1) is 18.4 Å². The van der Waals surface area contributed by atoms with E-state index >= 15 is 0 Å². The van der Waals surface area contributed by atoms with Gasteiger partial charge in [0.2, 0.25) is 5.91 Å². The molecular formula is C13H17NO5. The van der Waals surface area contributed by atoms with Crippen LogP contribution in [0.5, 0.6) is 0 Å². The lowest BCUT2D eigenvalue weighted by Crippen LogP contribution is -2.18. The summed E-state index contributed by atoms with van der Waals surface area (Å²) in [6.45, 7) is 4.00. The van der Waals surface area contributed by atoms with Gasteiger partial charge < -0.3 is 15.2 Å². The van der Waals surface area contributed by atoms with Crippen LogP contribution < -0.4 is 5.32 Å². The van der Waals surface area contributed by atoms with Crippen LogP contribution in [0, 0.1) is 0 Å². The normalized spacial score (nSPS) is 8.79. The minimum Gasteiger partial charge on any atom is -0.478 e. The highest BCUT2D eigenvalue weighted by molar-refractivity contribution is 6.05. The summed E-state index contributed by atoms with van der Waals surface area (Å²) in [5, 5.41) is 11.2. The molecule has 0 aliphatic heterocycles. The Morgan fingerprint density at radius 1 is 1.21 bits per heavy atom. The number of nitrogens with one attached hydrogen (secondary N) is 1. The molecular weight excluding hydrogens is 250 g/mol. The molecule has 0 atom stereocenters. The topological polar surface area (TPSA) is 92.7 Å². The van der Waals surface area contributed by atoms with Gasteiger partial charge in [0.1, 0.15) is 6.42 Å². The maximum atomic E-state index is 11.4. The average Bonchev–Trinajstić information content (AvgIpc) is 2.41. The van der Waals surface area contributed by atoms with Crippen LogP contribution in [-0.4, -0.2) is 30.1 Å². The molecule has 0 aliphatic carbocycles. The number of methoxy groups -OCH3 is 1. The van der Waals surface area contributed by atoms with Gasteiger partial charge >= 0.3 is 11.9 Å². The van der Waals surface area contributed by atoms with E-state index in [-0.39, 0.29) is 11.3 Å². The highest BCUT2D eigenvalue weighted by Gasteiger charge is 2.14. The van der Waals surface area contributed by atoms with Gasteiger partial charge in [-0.15, -0.1) is 0 Å². The van der Waals surface area contributed by atoms with Crippen LogP contribution >= 0.6 is 0 Å². The van der Waals surface area contributed by atoms with Crippen LogP contribution in [0.1, 0.15) is 30.6 Å². The fourth-order valence-corrected chi connectivity index (χ4v) is 1.18. The van der Waals surface area contributed by atoms with Crippen molar-refractivity contribution in [2.24, 2.45) is 0 Å². The zero-order valence-electron chi connectivity index (χ0n) is 11.1. The van der Waals surface area contributed by atoms with Crippen LogP contribution in [0.4, 0.5) is 5.69 Å². The SMILES string of the molecule is CC.COC(=O)CC(=O)Nc1ccccc1C(=O)O. The van der Waals surface area contributed by atoms with Crippen molar-refractivity contribution in [1.29, 1.82) is 0 Å². The number of carboxylic acid groups (broad SMARTS) is 1. The fraction of sp³-hybridized carbons (Fsp3) is 0.308. The Hall–Kier alpha value is -2.37. The third-order valence-corrected chi connectivity index (χ3v) is 1.96. The summed E-state index contributed by atoms with van der Waals surface area (Å²) in [6, 6.07) is 5.92. The quantitative estimate of drug-likeness (QED) is 0.642. The monoisotopic (exact) mass is 267 g/mol. The third kappa shape index (κ3) is 5.67. The van der Waals surface area contributed by atoms with Gasteiger partial charge in [-0.25, -0.2) is 4.79 Å². The van der Waals surface area contributed by atoms with E-state index in [1.807, 2.05) is 13.8 Å².